The molecule has 0 aromatic heterocycles. The Bertz CT molecular complexity index is 164. The molecule has 0 amide bonds. The van der Waals surface area contributed by atoms with Gasteiger partial charge in [0, 0.05) is 0 Å². The summed E-state index contributed by atoms with van der Waals surface area (Å²) in [5.41, 5.74) is 0. The smallest absolute Gasteiger partial charge is 0.450 e. The van der Waals surface area contributed by atoms with Gasteiger partial charge in [-0.05, 0) is 0 Å². The average molecular weight is 224 g/mol. The van der Waals surface area contributed by atoms with Crippen molar-refractivity contribution in [2.45, 2.75) is 0 Å². The molecule has 15 heavy (non-hydrogen) atoms. The molecule has 0 unspecified atom stereocenters. The molecule has 4 N–H and O–H groups in total. The van der Waals surface area contributed by atoms with E-state index in [0.717, 1.165) is 0 Å². The van der Waals surface area contributed by atoms with E-state index >= 15 is 0 Å². The summed E-state index contributed by atoms with van der Waals surface area (Å²) < 4.78 is 10.1. The van der Waals surface area contributed by atoms with Gasteiger partial charge >= 0.3 is 12.3 Å². The number of carboxylic acid groups (broad SMARTS) is 4. The summed E-state index contributed by atoms with van der Waals surface area (Å²) in [5, 5.41) is 27.9. The van der Waals surface area contributed by atoms with E-state index < -0.39 is 12.3 Å². The van der Waals surface area contributed by atoms with Gasteiger partial charge < -0.3 is 20.4 Å². The Kier molecular flexibility index (Phi) is 45.7. The summed E-state index contributed by atoms with van der Waals surface area (Å²) in [4.78, 5) is 17.1. The minimum absolute atomic E-state index is 0.250. The van der Waals surface area contributed by atoms with Crippen molar-refractivity contribution in [2.24, 2.45) is 0 Å². The zero-order valence-electron chi connectivity index (χ0n) is 7.84. The molecule has 0 fully saturated rings. The van der Waals surface area contributed by atoms with Crippen LogP contribution in [0.5, 0.6) is 0 Å². The monoisotopic (exact) mass is 224 g/mol. The Balaban J connectivity index is -0.0000000542. The van der Waals surface area contributed by atoms with Crippen molar-refractivity contribution in [1.29, 1.82) is 0 Å². The first kappa shape index (κ1) is 23.0. The predicted molar refractivity (Wildman–Crippen MR) is 53.0 cm³/mol. The molecule has 0 heterocycles. The molecular weight excluding hydrogens is 211 g/mol. The van der Waals surface area contributed by atoms with Crippen LogP contribution < -0.4 is 0 Å². The van der Waals surface area contributed by atoms with Crippen LogP contribution in [0.4, 0.5) is 14.0 Å². The minimum Gasteiger partial charge on any atom is -0.450 e. The first-order valence-electron chi connectivity index (χ1n) is 3.08. The van der Waals surface area contributed by atoms with Gasteiger partial charge in [-0.2, -0.15) is 0 Å². The molecule has 0 bridgehead atoms. The molecular formula is C8H13FO6. The standard InChI is InChI=1S/C4H6.C2H3F.2CH2O3/c1-3-4-2;1-2-3;2*2-1(3)4/h3-4H,1-2H2;2H,1H2;2*(H2,2,3,4). The molecule has 0 aromatic carbocycles. The van der Waals surface area contributed by atoms with Crippen molar-refractivity contribution in [3.05, 3.63) is 38.2 Å². The largest absolute Gasteiger partial charge is 0.503 e. The lowest BCUT2D eigenvalue weighted by Crippen LogP contribution is -1.81. The number of hydrogen-bond acceptors (Lipinski definition) is 2. The number of allylic oxidation sites excluding steroid dienone is 2. The van der Waals surface area contributed by atoms with Crippen LogP contribution in [0.3, 0.4) is 0 Å². The van der Waals surface area contributed by atoms with Gasteiger partial charge in [0.1, 0.15) is 0 Å². The maximum atomic E-state index is 10.1. The van der Waals surface area contributed by atoms with E-state index in [1.165, 1.54) is 0 Å². The molecule has 0 atom stereocenters. The predicted octanol–water partition coefficient (Wildman–Crippen LogP) is 2.90. The van der Waals surface area contributed by atoms with Gasteiger partial charge in [-0.25, -0.2) is 14.0 Å². The van der Waals surface area contributed by atoms with Crippen LogP contribution in [-0.4, -0.2) is 32.7 Å². The molecule has 0 rings (SSSR count). The highest BCUT2D eigenvalue weighted by Crippen LogP contribution is 1.52. The van der Waals surface area contributed by atoms with Crippen LogP contribution in [0.15, 0.2) is 38.2 Å². The lowest BCUT2D eigenvalue weighted by atomic mass is 10.6. The zero-order valence-corrected chi connectivity index (χ0v) is 7.84. The Morgan fingerprint density at radius 1 is 0.867 bits per heavy atom. The molecule has 0 aliphatic heterocycles. The molecule has 0 aliphatic carbocycles. The number of halogens is 1. The third-order valence-electron chi connectivity index (χ3n) is 0.167. The number of hydrogen-bond donors (Lipinski definition) is 4. The van der Waals surface area contributed by atoms with Crippen LogP contribution in [-0.2, 0) is 0 Å². The molecule has 7 heteroatoms. The Labute approximate surface area is 85.9 Å². The van der Waals surface area contributed by atoms with E-state index in [1.54, 1.807) is 12.2 Å². The fourth-order valence-electron chi connectivity index (χ4n) is 0. The van der Waals surface area contributed by atoms with Crippen molar-refractivity contribution in [1.82, 2.24) is 0 Å². The van der Waals surface area contributed by atoms with Crippen LogP contribution in [0.25, 0.3) is 0 Å². The quantitative estimate of drug-likeness (QED) is 0.509. The van der Waals surface area contributed by atoms with Gasteiger partial charge in [-0.3, -0.25) is 0 Å². The third kappa shape index (κ3) is 640. The lowest BCUT2D eigenvalue weighted by molar-refractivity contribution is 0.135. The maximum absolute atomic E-state index is 10.1. The highest BCUT2D eigenvalue weighted by Gasteiger charge is 1.70. The summed E-state index contributed by atoms with van der Waals surface area (Å²) in [6.07, 6.45) is -0.139. The van der Waals surface area contributed by atoms with Gasteiger partial charge in [0.2, 0.25) is 0 Å². The second-order valence-corrected chi connectivity index (χ2v) is 1.19. The summed E-state index contributed by atoms with van der Waals surface area (Å²) in [5.74, 6) is 0. The van der Waals surface area contributed by atoms with Crippen LogP contribution >= 0.6 is 0 Å². The first-order chi connectivity index (χ1) is 6.79. The SMILES string of the molecule is C=CC=C.C=CF.O=C(O)O.O=C(O)O. The molecule has 0 radical (unpaired) electrons. The lowest BCUT2D eigenvalue weighted by Gasteiger charge is -1.60. The fraction of sp³-hybridized carbons (Fsp3) is 0. The van der Waals surface area contributed by atoms with Crippen molar-refractivity contribution < 1.29 is 34.4 Å². The summed E-state index contributed by atoms with van der Waals surface area (Å²) in [6.45, 7) is 9.42. The summed E-state index contributed by atoms with van der Waals surface area (Å²) in [6, 6.07) is 0. The summed E-state index contributed by atoms with van der Waals surface area (Å²) >= 11 is 0. The van der Waals surface area contributed by atoms with E-state index in [4.69, 9.17) is 30.0 Å². The third-order valence-corrected chi connectivity index (χ3v) is 0.167. The minimum atomic E-state index is -1.83. The van der Waals surface area contributed by atoms with Gasteiger partial charge in [-0.1, -0.05) is 31.9 Å². The normalized spacial score (nSPS) is 5.40. The van der Waals surface area contributed by atoms with Gasteiger partial charge in [0.15, 0.2) is 0 Å². The van der Waals surface area contributed by atoms with Crippen LogP contribution in [0, 0.1) is 0 Å². The van der Waals surface area contributed by atoms with Crippen molar-refractivity contribution >= 4 is 12.3 Å². The maximum Gasteiger partial charge on any atom is 0.503 e. The molecule has 0 aromatic rings. The van der Waals surface area contributed by atoms with E-state index in [9.17, 15) is 4.39 Å². The zero-order chi connectivity index (χ0) is 13.3. The highest BCUT2D eigenvalue weighted by molar-refractivity contribution is 5.53. The highest BCUT2D eigenvalue weighted by atomic mass is 19.1. The number of rotatable bonds is 1. The first-order valence-corrected chi connectivity index (χ1v) is 3.08. The van der Waals surface area contributed by atoms with E-state index in [0.29, 0.717) is 0 Å². The van der Waals surface area contributed by atoms with E-state index in [-0.39, 0.29) is 6.33 Å². The molecule has 0 spiro atoms. The van der Waals surface area contributed by atoms with Gasteiger partial charge in [0.05, 0.1) is 6.33 Å². The van der Waals surface area contributed by atoms with E-state index in [1.807, 2.05) is 0 Å². The van der Waals surface area contributed by atoms with Crippen molar-refractivity contribution in [2.75, 3.05) is 0 Å². The average Bonchev–Trinajstić information content (AvgIpc) is 2.03. The molecule has 0 saturated carbocycles. The second kappa shape index (κ2) is 29.8. The molecule has 0 saturated heterocycles. The Morgan fingerprint density at radius 2 is 0.933 bits per heavy atom. The molecule has 88 valence electrons. The Morgan fingerprint density at radius 3 is 0.933 bits per heavy atom. The van der Waals surface area contributed by atoms with Crippen LogP contribution in [0.2, 0.25) is 0 Å². The van der Waals surface area contributed by atoms with Gasteiger partial charge in [0.25, 0.3) is 0 Å². The van der Waals surface area contributed by atoms with Crippen molar-refractivity contribution in [3.63, 3.8) is 0 Å². The molecule has 6 nitrogen and oxygen atoms in total. The summed E-state index contributed by atoms with van der Waals surface area (Å²) in [7, 11) is 0. The second-order valence-electron chi connectivity index (χ2n) is 1.19. The van der Waals surface area contributed by atoms with E-state index in [2.05, 4.69) is 19.7 Å². The fourth-order valence-corrected chi connectivity index (χ4v) is 0. The van der Waals surface area contributed by atoms with Gasteiger partial charge in [-0.15, -0.1) is 0 Å². The molecule has 0 aliphatic rings. The topological polar surface area (TPSA) is 115 Å². The van der Waals surface area contributed by atoms with Crippen LogP contribution in [0.1, 0.15) is 0 Å². The number of carbonyl (C=O) groups is 2. The van der Waals surface area contributed by atoms with Crippen molar-refractivity contribution in [3.8, 4) is 0 Å². The Hall–Kier alpha value is -2.31.